The van der Waals surface area contributed by atoms with Crippen LogP contribution in [0.3, 0.4) is 0 Å². The number of anilines is 1. The molecule has 2 aromatic rings. The zero-order valence-corrected chi connectivity index (χ0v) is 11.9. The van der Waals surface area contributed by atoms with E-state index < -0.39 is 0 Å². The van der Waals surface area contributed by atoms with Crippen molar-refractivity contribution in [3.05, 3.63) is 23.5 Å². The SMILES string of the molecule is CCC(CC)NC(=O)c1c(-c2ccc(C)o2)noc1N. The Balaban J connectivity index is 2.32. The van der Waals surface area contributed by atoms with Crippen LogP contribution >= 0.6 is 0 Å². The van der Waals surface area contributed by atoms with E-state index in [-0.39, 0.29) is 23.4 Å². The first-order valence-electron chi connectivity index (χ1n) is 6.69. The summed E-state index contributed by atoms with van der Waals surface area (Å²) in [7, 11) is 0. The van der Waals surface area contributed by atoms with Crippen LogP contribution in [0, 0.1) is 6.92 Å². The Morgan fingerprint density at radius 1 is 1.40 bits per heavy atom. The van der Waals surface area contributed by atoms with Crippen LogP contribution in [0.25, 0.3) is 11.5 Å². The zero-order valence-electron chi connectivity index (χ0n) is 11.9. The molecule has 20 heavy (non-hydrogen) atoms. The summed E-state index contributed by atoms with van der Waals surface area (Å²) in [6.45, 7) is 5.85. The van der Waals surface area contributed by atoms with Crippen molar-refractivity contribution in [2.24, 2.45) is 0 Å². The fraction of sp³-hybridized carbons (Fsp3) is 0.429. The molecule has 6 heteroatoms. The summed E-state index contributed by atoms with van der Waals surface area (Å²) in [5.41, 5.74) is 6.27. The van der Waals surface area contributed by atoms with Gasteiger partial charge in [-0.2, -0.15) is 0 Å². The third-order valence-corrected chi connectivity index (χ3v) is 3.24. The van der Waals surface area contributed by atoms with Gasteiger partial charge >= 0.3 is 0 Å². The van der Waals surface area contributed by atoms with E-state index in [1.54, 1.807) is 12.1 Å². The average molecular weight is 277 g/mol. The molecule has 2 heterocycles. The fourth-order valence-corrected chi connectivity index (χ4v) is 2.00. The molecule has 0 bridgehead atoms. The highest BCUT2D eigenvalue weighted by atomic mass is 16.5. The van der Waals surface area contributed by atoms with Gasteiger partial charge in [-0.25, -0.2) is 0 Å². The molecule has 0 aromatic carbocycles. The first-order valence-corrected chi connectivity index (χ1v) is 6.69. The number of amides is 1. The Morgan fingerprint density at radius 2 is 2.10 bits per heavy atom. The molecule has 0 fully saturated rings. The molecule has 2 aromatic heterocycles. The van der Waals surface area contributed by atoms with Crippen LogP contribution < -0.4 is 11.1 Å². The lowest BCUT2D eigenvalue weighted by Gasteiger charge is -2.14. The lowest BCUT2D eigenvalue weighted by molar-refractivity contribution is 0.0936. The molecule has 3 N–H and O–H groups in total. The normalized spacial score (nSPS) is 11.0. The van der Waals surface area contributed by atoms with Gasteiger partial charge in [0.05, 0.1) is 0 Å². The summed E-state index contributed by atoms with van der Waals surface area (Å²) in [6, 6.07) is 3.63. The molecule has 0 unspecified atom stereocenters. The van der Waals surface area contributed by atoms with Crippen molar-refractivity contribution in [2.75, 3.05) is 5.73 Å². The number of nitrogens with one attached hydrogen (secondary N) is 1. The van der Waals surface area contributed by atoms with Crippen LogP contribution in [0.4, 0.5) is 5.88 Å². The molecule has 1 amide bonds. The highest BCUT2D eigenvalue weighted by molar-refractivity contribution is 6.03. The standard InChI is InChI=1S/C14H19N3O3/c1-4-9(5-2)16-14(18)11-12(17-20-13(11)15)10-7-6-8(3)19-10/h6-7,9H,4-5,15H2,1-3H3,(H,16,18). The number of aromatic nitrogens is 1. The number of carbonyl (C=O) groups is 1. The van der Waals surface area contributed by atoms with E-state index in [1.165, 1.54) is 0 Å². The molecule has 0 spiro atoms. The number of carbonyl (C=O) groups excluding carboxylic acids is 1. The Labute approximate surface area is 117 Å². The molecule has 0 radical (unpaired) electrons. The Morgan fingerprint density at radius 3 is 2.65 bits per heavy atom. The minimum atomic E-state index is -0.290. The van der Waals surface area contributed by atoms with E-state index in [2.05, 4.69) is 10.5 Å². The van der Waals surface area contributed by atoms with Gasteiger partial charge in [0.2, 0.25) is 5.88 Å². The molecule has 0 saturated carbocycles. The lowest BCUT2D eigenvalue weighted by Crippen LogP contribution is -2.34. The Bertz CT molecular complexity index is 597. The van der Waals surface area contributed by atoms with Crippen LogP contribution in [0.5, 0.6) is 0 Å². The van der Waals surface area contributed by atoms with Gasteiger partial charge in [0.15, 0.2) is 11.5 Å². The van der Waals surface area contributed by atoms with Gasteiger partial charge < -0.3 is 20.0 Å². The second kappa shape index (κ2) is 5.81. The predicted octanol–water partition coefficient (Wildman–Crippen LogP) is 2.74. The number of furan rings is 1. The van der Waals surface area contributed by atoms with Gasteiger partial charge in [0.25, 0.3) is 5.91 Å². The van der Waals surface area contributed by atoms with Crippen LogP contribution in [-0.2, 0) is 0 Å². The molecule has 0 aliphatic carbocycles. The Kier molecular flexibility index (Phi) is 4.12. The topological polar surface area (TPSA) is 94.3 Å². The van der Waals surface area contributed by atoms with Crippen LogP contribution in [0.2, 0.25) is 0 Å². The number of aryl methyl sites for hydroxylation is 1. The number of nitrogens with zero attached hydrogens (tertiary/aromatic N) is 1. The number of hydrogen-bond acceptors (Lipinski definition) is 5. The van der Waals surface area contributed by atoms with Crippen molar-refractivity contribution in [3.63, 3.8) is 0 Å². The molecule has 108 valence electrons. The van der Waals surface area contributed by atoms with E-state index in [4.69, 9.17) is 14.7 Å². The summed E-state index contributed by atoms with van der Waals surface area (Å²) in [6.07, 6.45) is 1.70. The minimum Gasteiger partial charge on any atom is -0.460 e. The van der Waals surface area contributed by atoms with E-state index in [9.17, 15) is 4.79 Å². The van der Waals surface area contributed by atoms with Crippen molar-refractivity contribution in [1.82, 2.24) is 10.5 Å². The van der Waals surface area contributed by atoms with Crippen LogP contribution in [0.1, 0.15) is 42.8 Å². The molecule has 0 atom stereocenters. The zero-order chi connectivity index (χ0) is 14.7. The molecule has 2 rings (SSSR count). The smallest absolute Gasteiger partial charge is 0.259 e. The first-order chi connectivity index (χ1) is 9.56. The summed E-state index contributed by atoms with van der Waals surface area (Å²) in [5, 5.41) is 6.74. The van der Waals surface area contributed by atoms with E-state index >= 15 is 0 Å². The van der Waals surface area contributed by atoms with Crippen molar-refractivity contribution in [3.8, 4) is 11.5 Å². The summed E-state index contributed by atoms with van der Waals surface area (Å²) >= 11 is 0. The van der Waals surface area contributed by atoms with Crippen LogP contribution in [0.15, 0.2) is 21.1 Å². The number of hydrogen-bond donors (Lipinski definition) is 2. The van der Waals surface area contributed by atoms with Crippen molar-refractivity contribution >= 4 is 11.8 Å². The summed E-state index contributed by atoms with van der Waals surface area (Å²) < 4.78 is 10.4. The average Bonchev–Trinajstić information content (AvgIpc) is 3.01. The number of rotatable bonds is 5. The fourth-order valence-electron chi connectivity index (χ4n) is 2.00. The van der Waals surface area contributed by atoms with Crippen molar-refractivity contribution in [2.45, 2.75) is 39.7 Å². The second-order valence-electron chi connectivity index (χ2n) is 4.67. The van der Waals surface area contributed by atoms with E-state index in [0.717, 1.165) is 18.6 Å². The highest BCUT2D eigenvalue weighted by Crippen LogP contribution is 2.28. The molecule has 0 saturated heterocycles. The maximum absolute atomic E-state index is 12.3. The monoisotopic (exact) mass is 277 g/mol. The summed E-state index contributed by atoms with van der Waals surface area (Å²) in [5.74, 6) is 0.907. The first kappa shape index (κ1) is 14.2. The number of nitrogens with two attached hydrogens (primary N) is 1. The van der Waals surface area contributed by atoms with Gasteiger partial charge in [-0.1, -0.05) is 19.0 Å². The van der Waals surface area contributed by atoms with Crippen molar-refractivity contribution < 1.29 is 13.7 Å². The molecule has 0 aliphatic heterocycles. The third-order valence-electron chi connectivity index (χ3n) is 3.24. The molecule has 0 aliphatic rings. The maximum atomic E-state index is 12.3. The van der Waals surface area contributed by atoms with Gasteiger partial charge in [-0.3, -0.25) is 4.79 Å². The van der Waals surface area contributed by atoms with Crippen molar-refractivity contribution in [1.29, 1.82) is 0 Å². The van der Waals surface area contributed by atoms with Gasteiger partial charge in [0, 0.05) is 6.04 Å². The molecular weight excluding hydrogens is 258 g/mol. The minimum absolute atomic E-state index is 0.00231. The maximum Gasteiger partial charge on any atom is 0.259 e. The van der Waals surface area contributed by atoms with Crippen LogP contribution in [-0.4, -0.2) is 17.1 Å². The third kappa shape index (κ3) is 2.68. The van der Waals surface area contributed by atoms with Gasteiger partial charge in [-0.15, -0.1) is 0 Å². The number of nitrogen functional groups attached to an aromatic ring is 1. The molecule has 6 nitrogen and oxygen atoms in total. The summed E-state index contributed by atoms with van der Waals surface area (Å²) in [4.78, 5) is 12.3. The largest absolute Gasteiger partial charge is 0.460 e. The van der Waals surface area contributed by atoms with E-state index in [0.29, 0.717) is 11.5 Å². The Hall–Kier alpha value is -2.24. The predicted molar refractivity (Wildman–Crippen MR) is 75.2 cm³/mol. The lowest BCUT2D eigenvalue weighted by atomic mass is 10.1. The van der Waals surface area contributed by atoms with E-state index in [1.807, 2.05) is 20.8 Å². The van der Waals surface area contributed by atoms with Gasteiger partial charge in [-0.05, 0) is 31.9 Å². The molecular formula is C14H19N3O3. The second-order valence-corrected chi connectivity index (χ2v) is 4.67. The van der Waals surface area contributed by atoms with Gasteiger partial charge in [0.1, 0.15) is 11.3 Å². The quantitative estimate of drug-likeness (QED) is 0.876. The highest BCUT2D eigenvalue weighted by Gasteiger charge is 2.25.